The Kier molecular flexibility index (Phi) is 6.39. The number of hydrogen-bond donors (Lipinski definition) is 1. The molecular formula is C16H27NO8. The highest BCUT2D eigenvalue weighted by Gasteiger charge is 2.53. The molecule has 9 nitrogen and oxygen atoms in total. The zero-order chi connectivity index (χ0) is 18.8. The van der Waals surface area contributed by atoms with E-state index < -0.39 is 54.1 Å². The maximum absolute atomic E-state index is 12.0. The third kappa shape index (κ3) is 4.68. The second-order valence-electron chi connectivity index (χ2n) is 7.14. The molecule has 2 aliphatic heterocycles. The van der Waals surface area contributed by atoms with Crippen LogP contribution in [0.3, 0.4) is 0 Å². The molecule has 25 heavy (non-hydrogen) atoms. The summed E-state index contributed by atoms with van der Waals surface area (Å²) in [6, 6.07) is 0. The molecule has 2 N–H and O–H groups in total. The minimum absolute atomic E-state index is 0.0119. The average Bonchev–Trinajstić information content (AvgIpc) is 2.51. The number of carbonyl (C=O) groups excluding carboxylic acids is 2. The van der Waals surface area contributed by atoms with Crippen molar-refractivity contribution < 1.29 is 38.0 Å². The molecule has 0 saturated carbocycles. The van der Waals surface area contributed by atoms with Gasteiger partial charge in [0.25, 0.3) is 0 Å². The van der Waals surface area contributed by atoms with Crippen LogP contribution < -0.4 is 5.73 Å². The number of fused-ring (bicyclic) bond motifs is 1. The summed E-state index contributed by atoms with van der Waals surface area (Å²) in [6.45, 7) is 6.40. The lowest BCUT2D eigenvalue weighted by atomic mass is 9.93. The van der Waals surface area contributed by atoms with Crippen molar-refractivity contribution in [2.45, 2.75) is 64.4 Å². The predicted octanol–water partition coefficient (Wildman–Crippen LogP) is -0.0525. The van der Waals surface area contributed by atoms with Gasteiger partial charge in [0.2, 0.25) is 0 Å². The van der Waals surface area contributed by atoms with Crippen LogP contribution in [0.1, 0.15) is 27.7 Å². The highest BCUT2D eigenvalue weighted by molar-refractivity contribution is 5.75. The Bertz CT molecular complexity index is 491. The van der Waals surface area contributed by atoms with Crippen LogP contribution in [-0.4, -0.2) is 69.2 Å². The molecule has 0 aromatic carbocycles. The van der Waals surface area contributed by atoms with E-state index in [-0.39, 0.29) is 13.4 Å². The van der Waals surface area contributed by atoms with E-state index in [2.05, 4.69) is 0 Å². The third-order valence-corrected chi connectivity index (χ3v) is 4.08. The smallest absolute Gasteiger partial charge is 0.311 e. The van der Waals surface area contributed by atoms with Crippen molar-refractivity contribution >= 4 is 11.9 Å². The van der Waals surface area contributed by atoms with E-state index in [0.717, 1.165) is 0 Å². The summed E-state index contributed by atoms with van der Waals surface area (Å²) in [6.07, 6.45) is -4.11. The summed E-state index contributed by atoms with van der Waals surface area (Å²) in [5, 5.41) is 0. The van der Waals surface area contributed by atoms with Gasteiger partial charge in [-0.2, -0.15) is 0 Å². The van der Waals surface area contributed by atoms with Crippen LogP contribution in [0, 0.1) is 5.41 Å². The Labute approximate surface area is 147 Å². The summed E-state index contributed by atoms with van der Waals surface area (Å²) < 4.78 is 32.9. The monoisotopic (exact) mass is 361 g/mol. The maximum Gasteiger partial charge on any atom is 0.311 e. The van der Waals surface area contributed by atoms with Gasteiger partial charge in [-0.15, -0.1) is 0 Å². The van der Waals surface area contributed by atoms with E-state index in [0.29, 0.717) is 0 Å². The fraction of sp³-hybridized carbons (Fsp3) is 0.875. The fourth-order valence-corrected chi connectivity index (χ4v) is 2.80. The molecule has 1 unspecified atom stereocenters. The van der Waals surface area contributed by atoms with Gasteiger partial charge < -0.3 is 34.2 Å². The van der Waals surface area contributed by atoms with Gasteiger partial charge in [-0.25, -0.2) is 0 Å². The van der Waals surface area contributed by atoms with Gasteiger partial charge in [-0.05, 0) is 20.8 Å². The van der Waals surface area contributed by atoms with E-state index in [9.17, 15) is 9.59 Å². The molecule has 0 bridgehead atoms. The fourth-order valence-electron chi connectivity index (χ4n) is 2.80. The number of methoxy groups -OCH3 is 1. The van der Waals surface area contributed by atoms with Crippen molar-refractivity contribution in [3.05, 3.63) is 0 Å². The Hall–Kier alpha value is -1.26. The van der Waals surface area contributed by atoms with Crippen LogP contribution in [0.5, 0.6) is 0 Å². The summed E-state index contributed by atoms with van der Waals surface area (Å²) in [4.78, 5) is 23.6. The molecule has 2 fully saturated rings. The molecule has 0 aliphatic carbocycles. The number of carbonyl (C=O) groups is 2. The first-order valence-corrected chi connectivity index (χ1v) is 8.16. The minimum atomic E-state index is -0.804. The van der Waals surface area contributed by atoms with Gasteiger partial charge in [0.1, 0.15) is 44.0 Å². The number of ether oxygens (including phenoxy) is 6. The lowest BCUT2D eigenvalue weighted by Gasteiger charge is -2.48. The molecule has 2 aliphatic rings. The zero-order valence-electron chi connectivity index (χ0n) is 15.2. The summed E-state index contributed by atoms with van der Waals surface area (Å²) in [5.41, 5.74) is 5.28. The normalized spacial score (nSPS) is 35.6. The topological polar surface area (TPSA) is 116 Å². The Morgan fingerprint density at radius 3 is 2.40 bits per heavy atom. The first-order chi connectivity index (χ1) is 11.6. The first-order valence-electron chi connectivity index (χ1n) is 8.16. The van der Waals surface area contributed by atoms with E-state index in [1.54, 1.807) is 20.8 Å². The Morgan fingerprint density at radius 2 is 1.84 bits per heavy atom. The summed E-state index contributed by atoms with van der Waals surface area (Å²) in [7, 11) is 1.48. The molecule has 0 aromatic heterocycles. The largest absolute Gasteiger partial charge is 0.462 e. The predicted molar refractivity (Wildman–Crippen MR) is 84.2 cm³/mol. The number of rotatable bonds is 4. The number of esters is 2. The van der Waals surface area contributed by atoms with Gasteiger partial charge in [0, 0.05) is 14.0 Å². The molecule has 6 atom stereocenters. The maximum atomic E-state index is 12.0. The van der Waals surface area contributed by atoms with E-state index in [1.165, 1.54) is 14.0 Å². The average molecular weight is 361 g/mol. The minimum Gasteiger partial charge on any atom is -0.462 e. The second kappa shape index (κ2) is 7.96. The summed E-state index contributed by atoms with van der Waals surface area (Å²) >= 11 is 0. The highest BCUT2D eigenvalue weighted by Crippen LogP contribution is 2.32. The Morgan fingerprint density at radius 1 is 1.16 bits per heavy atom. The second-order valence-corrected chi connectivity index (χ2v) is 7.14. The van der Waals surface area contributed by atoms with Crippen LogP contribution in [0.4, 0.5) is 0 Å². The lowest BCUT2D eigenvalue weighted by molar-refractivity contribution is -0.322. The van der Waals surface area contributed by atoms with Crippen molar-refractivity contribution in [1.82, 2.24) is 0 Å². The van der Waals surface area contributed by atoms with Crippen LogP contribution >= 0.6 is 0 Å². The van der Waals surface area contributed by atoms with Gasteiger partial charge in [0.15, 0.2) is 6.10 Å². The molecular weight excluding hydrogens is 334 g/mol. The number of hydrogen-bond acceptors (Lipinski definition) is 9. The van der Waals surface area contributed by atoms with Crippen molar-refractivity contribution in [1.29, 1.82) is 0 Å². The van der Waals surface area contributed by atoms with Crippen molar-refractivity contribution in [2.24, 2.45) is 11.1 Å². The van der Waals surface area contributed by atoms with Gasteiger partial charge in [-0.3, -0.25) is 9.59 Å². The van der Waals surface area contributed by atoms with Crippen LogP contribution in [-0.2, 0) is 38.0 Å². The van der Waals surface area contributed by atoms with Gasteiger partial charge in [0.05, 0.1) is 5.41 Å². The van der Waals surface area contributed by atoms with Crippen molar-refractivity contribution in [3.63, 3.8) is 0 Å². The van der Waals surface area contributed by atoms with Gasteiger partial charge in [-0.1, -0.05) is 0 Å². The van der Waals surface area contributed by atoms with E-state index in [4.69, 9.17) is 34.2 Å². The lowest BCUT2D eigenvalue weighted by Crippen LogP contribution is -2.67. The third-order valence-electron chi connectivity index (χ3n) is 4.08. The van der Waals surface area contributed by atoms with E-state index >= 15 is 0 Å². The van der Waals surface area contributed by atoms with Crippen molar-refractivity contribution in [2.75, 3.05) is 20.5 Å². The molecule has 144 valence electrons. The summed E-state index contributed by atoms with van der Waals surface area (Å²) in [5.74, 6) is -0.896. The molecule has 0 aromatic rings. The Balaban J connectivity index is 2.17. The standard InChI is InChI=1S/C16H27NO8/c1-8(18)24-10-9(6-21-15(19)16(2,3)4)25-13-12(11(10)20-5)22-7-23-14(13)17/h9-14H,6-7,17H2,1-5H3/t9-,10-,11+,12-,13+,14?/m1/s1. The molecule has 2 rings (SSSR count). The molecule has 0 spiro atoms. The van der Waals surface area contributed by atoms with Crippen molar-refractivity contribution in [3.8, 4) is 0 Å². The molecule has 0 amide bonds. The van der Waals surface area contributed by atoms with Crippen LogP contribution in [0.15, 0.2) is 0 Å². The SMILES string of the molecule is CO[C@@H]1[C@H]2OCOC(N)[C@H]2O[C@H](COC(=O)C(C)(C)C)[C@H]1OC(C)=O. The number of nitrogens with two attached hydrogens (primary N) is 1. The van der Waals surface area contributed by atoms with E-state index in [1.807, 2.05) is 0 Å². The van der Waals surface area contributed by atoms with Crippen LogP contribution in [0.2, 0.25) is 0 Å². The molecule has 2 saturated heterocycles. The molecule has 0 radical (unpaired) electrons. The zero-order valence-corrected chi connectivity index (χ0v) is 15.2. The van der Waals surface area contributed by atoms with Gasteiger partial charge >= 0.3 is 11.9 Å². The molecule has 2 heterocycles. The van der Waals surface area contributed by atoms with Crippen LogP contribution in [0.25, 0.3) is 0 Å². The highest BCUT2D eigenvalue weighted by atomic mass is 16.7. The molecule has 9 heteroatoms. The quantitative estimate of drug-likeness (QED) is 0.688. The first kappa shape index (κ1) is 20.1.